The van der Waals surface area contributed by atoms with E-state index in [1.165, 1.54) is 61.2 Å². The highest BCUT2D eigenvalue weighted by molar-refractivity contribution is 6.30. The highest BCUT2D eigenvalue weighted by Gasteiger charge is 2.51. The second kappa shape index (κ2) is 11.4. The van der Waals surface area contributed by atoms with Crippen molar-refractivity contribution in [2.45, 2.75) is 25.2 Å². The number of aryl methyl sites for hydroxylation is 1. The molecule has 0 aliphatic heterocycles. The summed E-state index contributed by atoms with van der Waals surface area (Å²) in [5.41, 5.74) is 17.3. The fraction of sp³-hybridized carbons (Fsp3) is 0.0870. The molecule has 2 heteroatoms. The van der Waals surface area contributed by atoms with E-state index in [9.17, 15) is 0 Å². The summed E-state index contributed by atoms with van der Waals surface area (Å²) in [4.78, 5) is 2.36. The molecule has 9 rings (SSSR count). The Hall–Kier alpha value is -5.37. The minimum absolute atomic E-state index is 0.394. The molecule has 0 bridgehead atoms. The lowest BCUT2D eigenvalue weighted by Crippen LogP contribution is -2.26. The minimum atomic E-state index is -0.394. The van der Waals surface area contributed by atoms with Crippen LogP contribution in [0.1, 0.15) is 41.2 Å². The van der Waals surface area contributed by atoms with Gasteiger partial charge in [0.15, 0.2) is 0 Å². The number of hydrogen-bond acceptors (Lipinski definition) is 1. The van der Waals surface area contributed by atoms with E-state index in [0.717, 1.165) is 34.9 Å². The molecule has 1 spiro atoms. The van der Waals surface area contributed by atoms with Crippen LogP contribution < -0.4 is 4.90 Å². The number of anilines is 3. The second-order valence-corrected chi connectivity index (χ2v) is 13.4. The van der Waals surface area contributed by atoms with Crippen LogP contribution >= 0.6 is 11.6 Å². The Kier molecular flexibility index (Phi) is 6.85. The van der Waals surface area contributed by atoms with Crippen LogP contribution in [0.5, 0.6) is 0 Å². The summed E-state index contributed by atoms with van der Waals surface area (Å²) in [5.74, 6) is 0. The van der Waals surface area contributed by atoms with E-state index in [1.54, 1.807) is 0 Å². The van der Waals surface area contributed by atoms with Crippen molar-refractivity contribution >= 4 is 28.7 Å². The predicted octanol–water partition coefficient (Wildman–Crippen LogP) is 12.8. The molecule has 0 amide bonds. The molecule has 1 nitrogen and oxygen atoms in total. The zero-order chi connectivity index (χ0) is 32.2. The molecular formula is C46H34ClN. The number of halogens is 1. The van der Waals surface area contributed by atoms with Crippen LogP contribution in [0.3, 0.4) is 0 Å². The van der Waals surface area contributed by atoms with Crippen LogP contribution in [0.15, 0.2) is 164 Å². The van der Waals surface area contributed by atoms with Crippen molar-refractivity contribution in [3.8, 4) is 33.4 Å². The highest BCUT2D eigenvalue weighted by atomic mass is 35.5. The summed E-state index contributed by atoms with van der Waals surface area (Å²) >= 11 is 6.42. The first-order valence-electron chi connectivity index (χ1n) is 16.9. The normalized spacial score (nSPS) is 13.1. The standard InChI is InChI=1S/C46H34ClN/c1-2-9-31-16-18-32(19-17-31)33-20-24-35(25-21-33)48(36-26-22-34(47)23-27-36)37-28-29-41-40-12-5-8-15-44(40)46(45(41)30-37)42-13-6-3-10-38(42)39-11-4-7-14-43(39)46/h3-8,10-30H,2,9H2,1H3. The van der Waals surface area contributed by atoms with Gasteiger partial charge in [-0.25, -0.2) is 0 Å². The molecule has 0 aromatic heterocycles. The van der Waals surface area contributed by atoms with Crippen molar-refractivity contribution in [2.75, 3.05) is 4.90 Å². The predicted molar refractivity (Wildman–Crippen MR) is 202 cm³/mol. The Morgan fingerprint density at radius 3 is 1.42 bits per heavy atom. The molecule has 0 fully saturated rings. The third-order valence-electron chi connectivity index (χ3n) is 10.3. The van der Waals surface area contributed by atoms with E-state index >= 15 is 0 Å². The van der Waals surface area contributed by atoms with Gasteiger partial charge in [0.05, 0.1) is 5.41 Å². The van der Waals surface area contributed by atoms with Crippen molar-refractivity contribution in [2.24, 2.45) is 0 Å². The summed E-state index contributed by atoms with van der Waals surface area (Å²) in [6.45, 7) is 2.23. The molecular weight excluding hydrogens is 602 g/mol. The van der Waals surface area contributed by atoms with Gasteiger partial charge in [-0.05, 0) is 116 Å². The molecule has 0 unspecified atom stereocenters. The zero-order valence-electron chi connectivity index (χ0n) is 26.8. The maximum atomic E-state index is 6.42. The minimum Gasteiger partial charge on any atom is -0.310 e. The Morgan fingerprint density at radius 1 is 0.458 bits per heavy atom. The monoisotopic (exact) mass is 635 g/mol. The van der Waals surface area contributed by atoms with Gasteiger partial charge in [-0.1, -0.05) is 140 Å². The average Bonchev–Trinajstić information content (AvgIpc) is 3.61. The van der Waals surface area contributed by atoms with E-state index in [1.807, 2.05) is 12.1 Å². The van der Waals surface area contributed by atoms with Gasteiger partial charge in [0.1, 0.15) is 0 Å². The molecule has 230 valence electrons. The lowest BCUT2D eigenvalue weighted by Gasteiger charge is -2.32. The topological polar surface area (TPSA) is 3.24 Å². The molecule has 48 heavy (non-hydrogen) atoms. The third-order valence-corrected chi connectivity index (χ3v) is 10.5. The van der Waals surface area contributed by atoms with Gasteiger partial charge in [-0.2, -0.15) is 0 Å². The fourth-order valence-corrected chi connectivity index (χ4v) is 8.34. The second-order valence-electron chi connectivity index (χ2n) is 12.9. The summed E-state index contributed by atoms with van der Waals surface area (Å²) in [5, 5.41) is 0.725. The molecule has 0 N–H and O–H groups in total. The lowest BCUT2D eigenvalue weighted by molar-refractivity contribution is 0.793. The molecule has 2 aliphatic rings. The third kappa shape index (κ3) is 4.31. The van der Waals surface area contributed by atoms with Gasteiger partial charge in [0.25, 0.3) is 0 Å². The zero-order valence-corrected chi connectivity index (χ0v) is 27.6. The lowest BCUT2D eigenvalue weighted by atomic mass is 9.70. The largest absolute Gasteiger partial charge is 0.310 e. The van der Waals surface area contributed by atoms with E-state index < -0.39 is 5.41 Å². The van der Waals surface area contributed by atoms with E-state index in [4.69, 9.17) is 11.6 Å². The Morgan fingerprint density at radius 2 is 0.896 bits per heavy atom. The van der Waals surface area contributed by atoms with E-state index in [0.29, 0.717) is 0 Å². The first-order chi connectivity index (χ1) is 23.7. The number of hydrogen-bond donors (Lipinski definition) is 0. The summed E-state index contributed by atoms with van der Waals surface area (Å²) in [7, 11) is 0. The molecule has 0 saturated carbocycles. The number of fused-ring (bicyclic) bond motifs is 10. The first-order valence-corrected chi connectivity index (χ1v) is 17.2. The van der Waals surface area contributed by atoms with Crippen molar-refractivity contribution < 1.29 is 0 Å². The van der Waals surface area contributed by atoms with Gasteiger partial charge in [0.2, 0.25) is 0 Å². The van der Waals surface area contributed by atoms with Crippen LogP contribution in [0, 0.1) is 0 Å². The van der Waals surface area contributed by atoms with Crippen molar-refractivity contribution in [1.82, 2.24) is 0 Å². The maximum absolute atomic E-state index is 6.42. The van der Waals surface area contributed by atoms with Gasteiger partial charge < -0.3 is 4.90 Å². The van der Waals surface area contributed by atoms with Gasteiger partial charge >= 0.3 is 0 Å². The van der Waals surface area contributed by atoms with Crippen molar-refractivity contribution in [1.29, 1.82) is 0 Å². The van der Waals surface area contributed by atoms with Crippen LogP contribution in [0.25, 0.3) is 33.4 Å². The molecule has 0 atom stereocenters. The smallest absolute Gasteiger partial charge is 0.0726 e. The molecule has 0 saturated heterocycles. The Balaban J connectivity index is 1.23. The Bertz CT molecular complexity index is 2240. The Labute approximate surface area is 287 Å². The van der Waals surface area contributed by atoms with Gasteiger partial charge in [0, 0.05) is 22.1 Å². The molecule has 2 aliphatic carbocycles. The SMILES string of the molecule is CCCc1ccc(-c2ccc(N(c3ccc(Cl)cc3)c3ccc4c(c3)C3(c5ccccc5-c5ccccc53)c3ccccc3-4)cc2)cc1. The summed E-state index contributed by atoms with van der Waals surface area (Å²) in [6, 6.07) is 60.1. The van der Waals surface area contributed by atoms with E-state index in [2.05, 4.69) is 163 Å². The number of rotatable bonds is 6. The quantitative estimate of drug-likeness (QED) is 0.176. The van der Waals surface area contributed by atoms with Crippen LogP contribution in [0.2, 0.25) is 5.02 Å². The van der Waals surface area contributed by atoms with E-state index in [-0.39, 0.29) is 0 Å². The molecule has 7 aromatic rings. The summed E-state index contributed by atoms with van der Waals surface area (Å²) in [6.07, 6.45) is 2.27. The maximum Gasteiger partial charge on any atom is 0.0726 e. The highest BCUT2D eigenvalue weighted by Crippen LogP contribution is 2.63. The fourth-order valence-electron chi connectivity index (χ4n) is 8.21. The van der Waals surface area contributed by atoms with Crippen molar-refractivity contribution in [3.05, 3.63) is 197 Å². The molecule has 0 heterocycles. The molecule has 7 aromatic carbocycles. The van der Waals surface area contributed by atoms with Gasteiger partial charge in [-0.15, -0.1) is 0 Å². The van der Waals surface area contributed by atoms with Crippen LogP contribution in [-0.4, -0.2) is 0 Å². The first kappa shape index (κ1) is 28.8. The van der Waals surface area contributed by atoms with Crippen LogP contribution in [0.4, 0.5) is 17.1 Å². The number of benzene rings is 7. The number of nitrogens with zero attached hydrogens (tertiary/aromatic N) is 1. The summed E-state index contributed by atoms with van der Waals surface area (Å²) < 4.78 is 0. The van der Waals surface area contributed by atoms with Crippen molar-refractivity contribution in [3.63, 3.8) is 0 Å². The van der Waals surface area contributed by atoms with Gasteiger partial charge in [-0.3, -0.25) is 0 Å². The average molecular weight is 636 g/mol. The molecule has 0 radical (unpaired) electrons. The van der Waals surface area contributed by atoms with Crippen LogP contribution in [-0.2, 0) is 11.8 Å².